The van der Waals surface area contributed by atoms with Gasteiger partial charge >= 0.3 is 5.97 Å². The van der Waals surface area contributed by atoms with Crippen molar-refractivity contribution in [3.63, 3.8) is 0 Å². The average molecular weight is 196 g/mol. The first kappa shape index (κ1) is 10.3. The van der Waals surface area contributed by atoms with Crippen LogP contribution in [0.3, 0.4) is 0 Å². The zero-order valence-electron chi connectivity index (χ0n) is 8.26. The van der Waals surface area contributed by atoms with Crippen LogP contribution in [0, 0.1) is 13.8 Å². The van der Waals surface area contributed by atoms with Gasteiger partial charge in [0, 0.05) is 12.7 Å². The molecule has 0 aliphatic rings. The molecular formula is C9H12N2O3. The van der Waals surface area contributed by atoms with E-state index in [1.54, 1.807) is 13.8 Å². The molecule has 0 aromatic carbocycles. The van der Waals surface area contributed by atoms with Gasteiger partial charge in [0.2, 0.25) is 0 Å². The highest BCUT2D eigenvalue weighted by atomic mass is 16.4. The number of aromatic nitrogens is 1. The van der Waals surface area contributed by atoms with E-state index >= 15 is 0 Å². The van der Waals surface area contributed by atoms with Gasteiger partial charge in [-0.15, -0.1) is 0 Å². The molecule has 0 fully saturated rings. The summed E-state index contributed by atoms with van der Waals surface area (Å²) in [6.07, 6.45) is 0. The normalized spacial score (nSPS) is 9.93. The van der Waals surface area contributed by atoms with Crippen LogP contribution in [0.15, 0.2) is 0 Å². The molecule has 1 aromatic rings. The molecule has 0 saturated carbocycles. The van der Waals surface area contributed by atoms with Crippen molar-refractivity contribution in [2.45, 2.75) is 13.8 Å². The molecule has 0 spiro atoms. The number of carboxylic acid groups (broad SMARTS) is 1. The number of hydrogen-bond donors (Lipinski definition) is 3. The van der Waals surface area contributed by atoms with Crippen molar-refractivity contribution in [2.75, 3.05) is 7.05 Å². The summed E-state index contributed by atoms with van der Waals surface area (Å²) in [6, 6.07) is 0. The van der Waals surface area contributed by atoms with Gasteiger partial charge < -0.3 is 15.4 Å². The van der Waals surface area contributed by atoms with E-state index < -0.39 is 5.97 Å². The minimum atomic E-state index is -1.05. The molecular weight excluding hydrogens is 184 g/mol. The molecule has 0 bridgehead atoms. The first-order valence-corrected chi connectivity index (χ1v) is 4.13. The predicted octanol–water partition coefficient (Wildman–Crippen LogP) is 0.689. The summed E-state index contributed by atoms with van der Waals surface area (Å²) in [5.41, 5.74) is 1.51. The third kappa shape index (κ3) is 1.48. The van der Waals surface area contributed by atoms with Crippen molar-refractivity contribution < 1.29 is 14.7 Å². The number of amides is 1. The predicted molar refractivity (Wildman–Crippen MR) is 50.6 cm³/mol. The number of hydrogen-bond acceptors (Lipinski definition) is 2. The zero-order valence-corrected chi connectivity index (χ0v) is 8.26. The van der Waals surface area contributed by atoms with Crippen LogP contribution in [-0.4, -0.2) is 29.0 Å². The lowest BCUT2D eigenvalue weighted by Crippen LogP contribution is -2.19. The molecule has 0 atom stereocenters. The molecule has 3 N–H and O–H groups in total. The molecule has 76 valence electrons. The van der Waals surface area contributed by atoms with E-state index in [4.69, 9.17) is 5.11 Å². The Balaban J connectivity index is 3.31. The van der Waals surface area contributed by atoms with Gasteiger partial charge in [0.05, 0.1) is 5.56 Å². The number of aryl methyl sites for hydroxylation is 1. The molecule has 0 unspecified atom stereocenters. The van der Waals surface area contributed by atoms with Gasteiger partial charge in [-0.05, 0) is 19.4 Å². The first-order valence-electron chi connectivity index (χ1n) is 4.13. The van der Waals surface area contributed by atoms with Crippen molar-refractivity contribution in [2.24, 2.45) is 0 Å². The molecule has 1 amide bonds. The number of carbonyl (C=O) groups is 2. The SMILES string of the molecule is CNC(=O)c1c(C)[nH]c(C(=O)O)c1C. The Morgan fingerprint density at radius 2 is 1.93 bits per heavy atom. The maximum absolute atomic E-state index is 11.4. The van der Waals surface area contributed by atoms with Crippen LogP contribution in [0.25, 0.3) is 0 Å². The van der Waals surface area contributed by atoms with Crippen LogP contribution >= 0.6 is 0 Å². The summed E-state index contributed by atoms with van der Waals surface area (Å²) in [4.78, 5) is 24.8. The smallest absolute Gasteiger partial charge is 0.352 e. The molecule has 0 saturated heterocycles. The van der Waals surface area contributed by atoms with Crippen LogP contribution in [0.1, 0.15) is 32.1 Å². The maximum Gasteiger partial charge on any atom is 0.352 e. The second-order valence-electron chi connectivity index (χ2n) is 3.01. The second-order valence-corrected chi connectivity index (χ2v) is 3.01. The Morgan fingerprint density at radius 1 is 1.36 bits per heavy atom. The standard InChI is InChI=1S/C9H12N2O3/c1-4-6(8(12)10-3)5(2)11-7(4)9(13)14/h11H,1-3H3,(H,10,12)(H,13,14). The van der Waals surface area contributed by atoms with Gasteiger partial charge in [0.15, 0.2) is 0 Å². The number of nitrogens with one attached hydrogen (secondary N) is 2. The number of H-pyrrole nitrogens is 1. The minimum absolute atomic E-state index is 0.0705. The largest absolute Gasteiger partial charge is 0.477 e. The third-order valence-electron chi connectivity index (χ3n) is 2.11. The van der Waals surface area contributed by atoms with Crippen LogP contribution in [0.4, 0.5) is 0 Å². The van der Waals surface area contributed by atoms with Crippen LogP contribution in [0.5, 0.6) is 0 Å². The van der Waals surface area contributed by atoms with Crippen molar-refractivity contribution >= 4 is 11.9 Å². The van der Waals surface area contributed by atoms with Crippen molar-refractivity contribution in [1.82, 2.24) is 10.3 Å². The van der Waals surface area contributed by atoms with E-state index in [9.17, 15) is 9.59 Å². The van der Waals surface area contributed by atoms with Gasteiger partial charge in [-0.3, -0.25) is 4.79 Å². The number of rotatable bonds is 2. The van der Waals surface area contributed by atoms with Crippen molar-refractivity contribution in [3.8, 4) is 0 Å². The topological polar surface area (TPSA) is 82.2 Å². The fourth-order valence-electron chi connectivity index (χ4n) is 1.43. The van der Waals surface area contributed by atoms with Crippen molar-refractivity contribution in [3.05, 3.63) is 22.5 Å². The fraction of sp³-hybridized carbons (Fsp3) is 0.333. The number of carboxylic acids is 1. The summed E-state index contributed by atoms with van der Waals surface area (Å²) in [7, 11) is 1.51. The highest BCUT2D eigenvalue weighted by molar-refractivity contribution is 6.00. The summed E-state index contributed by atoms with van der Waals surface area (Å²) in [5, 5.41) is 11.3. The molecule has 0 aliphatic carbocycles. The summed E-state index contributed by atoms with van der Waals surface area (Å²) in [5.74, 6) is -1.33. The summed E-state index contributed by atoms with van der Waals surface area (Å²) >= 11 is 0. The lowest BCUT2D eigenvalue weighted by molar-refractivity contribution is 0.0690. The molecule has 14 heavy (non-hydrogen) atoms. The van der Waals surface area contributed by atoms with Gasteiger partial charge in [0.1, 0.15) is 5.69 Å². The minimum Gasteiger partial charge on any atom is -0.477 e. The third-order valence-corrected chi connectivity index (χ3v) is 2.11. The average Bonchev–Trinajstić information content (AvgIpc) is 2.41. The lowest BCUT2D eigenvalue weighted by atomic mass is 10.1. The number of aromatic amines is 1. The van der Waals surface area contributed by atoms with E-state index in [1.165, 1.54) is 7.05 Å². The second kappa shape index (κ2) is 3.53. The number of aromatic carboxylic acids is 1. The van der Waals surface area contributed by atoms with E-state index in [1.807, 2.05) is 0 Å². The Kier molecular flexibility index (Phi) is 2.60. The van der Waals surface area contributed by atoms with E-state index in [-0.39, 0.29) is 11.6 Å². The lowest BCUT2D eigenvalue weighted by Gasteiger charge is -1.99. The van der Waals surface area contributed by atoms with Crippen LogP contribution in [0.2, 0.25) is 0 Å². The van der Waals surface area contributed by atoms with Gasteiger partial charge in [-0.25, -0.2) is 4.79 Å². The van der Waals surface area contributed by atoms with Gasteiger partial charge in [0.25, 0.3) is 5.91 Å². The van der Waals surface area contributed by atoms with Gasteiger partial charge in [-0.2, -0.15) is 0 Å². The van der Waals surface area contributed by atoms with Gasteiger partial charge in [-0.1, -0.05) is 0 Å². The maximum atomic E-state index is 11.4. The van der Waals surface area contributed by atoms with E-state index in [0.29, 0.717) is 16.8 Å². The van der Waals surface area contributed by atoms with Crippen LogP contribution in [-0.2, 0) is 0 Å². The highest BCUT2D eigenvalue weighted by Crippen LogP contribution is 2.17. The summed E-state index contributed by atoms with van der Waals surface area (Å²) < 4.78 is 0. The Bertz CT molecular complexity index is 393. The Morgan fingerprint density at radius 3 is 2.29 bits per heavy atom. The molecule has 5 nitrogen and oxygen atoms in total. The Hall–Kier alpha value is -1.78. The Labute approximate surface area is 81.1 Å². The number of carbonyl (C=O) groups excluding carboxylic acids is 1. The van der Waals surface area contributed by atoms with E-state index in [2.05, 4.69) is 10.3 Å². The molecule has 0 aliphatic heterocycles. The van der Waals surface area contributed by atoms with E-state index in [0.717, 1.165) is 0 Å². The molecule has 0 radical (unpaired) electrons. The molecule has 1 aromatic heterocycles. The monoisotopic (exact) mass is 196 g/mol. The fourth-order valence-corrected chi connectivity index (χ4v) is 1.43. The first-order chi connectivity index (χ1) is 6.49. The molecule has 1 heterocycles. The quantitative estimate of drug-likeness (QED) is 0.650. The molecule has 1 rings (SSSR count). The summed E-state index contributed by atoms with van der Waals surface area (Å²) in [6.45, 7) is 3.28. The highest BCUT2D eigenvalue weighted by Gasteiger charge is 2.20. The molecule has 5 heteroatoms. The van der Waals surface area contributed by atoms with Crippen molar-refractivity contribution in [1.29, 1.82) is 0 Å². The van der Waals surface area contributed by atoms with Crippen LogP contribution < -0.4 is 5.32 Å². The zero-order chi connectivity index (χ0) is 10.9.